The smallest absolute Gasteiger partial charge is 0.142 e. The molecule has 0 aliphatic heterocycles. The van der Waals surface area contributed by atoms with Crippen molar-refractivity contribution in [3.05, 3.63) is 69.5 Å². The fraction of sp³-hybridized carbons (Fsp3) is 0.333. The molecule has 0 bridgehead atoms. The van der Waals surface area contributed by atoms with E-state index in [9.17, 15) is 4.39 Å². The number of benzene rings is 2. The quantitative estimate of drug-likeness (QED) is 0.802. The van der Waals surface area contributed by atoms with Crippen molar-refractivity contribution in [2.75, 3.05) is 6.54 Å². The van der Waals surface area contributed by atoms with Gasteiger partial charge in [-0.1, -0.05) is 54.4 Å². The summed E-state index contributed by atoms with van der Waals surface area (Å²) in [6.45, 7) is 7.10. The van der Waals surface area contributed by atoms with Crippen molar-refractivity contribution >= 4 is 11.6 Å². The number of aryl methyl sites for hydroxylation is 2. The Hall–Kier alpha value is -1.38. The number of rotatable bonds is 5. The van der Waals surface area contributed by atoms with E-state index in [0.717, 1.165) is 24.1 Å². The van der Waals surface area contributed by atoms with Gasteiger partial charge < -0.3 is 5.32 Å². The molecule has 0 saturated carbocycles. The van der Waals surface area contributed by atoms with E-state index in [1.165, 1.54) is 17.2 Å². The van der Waals surface area contributed by atoms with Crippen molar-refractivity contribution in [2.24, 2.45) is 0 Å². The summed E-state index contributed by atoms with van der Waals surface area (Å²) in [6, 6.07) is 11.2. The van der Waals surface area contributed by atoms with Crippen LogP contribution in [0, 0.1) is 19.7 Å². The van der Waals surface area contributed by atoms with Crippen molar-refractivity contribution in [2.45, 2.75) is 33.2 Å². The molecule has 1 N–H and O–H groups in total. The summed E-state index contributed by atoms with van der Waals surface area (Å²) in [7, 11) is 0. The van der Waals surface area contributed by atoms with Gasteiger partial charge in [0, 0.05) is 0 Å². The van der Waals surface area contributed by atoms with Crippen LogP contribution in [0.2, 0.25) is 5.02 Å². The minimum Gasteiger partial charge on any atom is -0.306 e. The molecule has 2 aromatic rings. The highest BCUT2D eigenvalue weighted by molar-refractivity contribution is 6.31. The standard InChI is InChI=1S/C18H21ClFN/c1-4-10-21-18(14-6-5-7-16(20)17(14)19)15-11-12(2)8-9-13(15)3/h5-9,11,18,21H,4,10H2,1-3H3. The van der Waals surface area contributed by atoms with E-state index >= 15 is 0 Å². The van der Waals surface area contributed by atoms with Crippen LogP contribution in [-0.4, -0.2) is 6.54 Å². The zero-order valence-electron chi connectivity index (χ0n) is 12.7. The minimum absolute atomic E-state index is 0.0898. The third-order valence-corrected chi connectivity index (χ3v) is 4.04. The molecular formula is C18H21ClFN. The van der Waals surface area contributed by atoms with Gasteiger partial charge in [-0.25, -0.2) is 4.39 Å². The monoisotopic (exact) mass is 305 g/mol. The summed E-state index contributed by atoms with van der Waals surface area (Å²) in [4.78, 5) is 0. The lowest BCUT2D eigenvalue weighted by Gasteiger charge is -2.23. The van der Waals surface area contributed by atoms with Crippen molar-refractivity contribution < 1.29 is 4.39 Å². The molecule has 1 unspecified atom stereocenters. The summed E-state index contributed by atoms with van der Waals surface area (Å²) in [5, 5.41) is 3.69. The SMILES string of the molecule is CCCNC(c1cc(C)ccc1C)c1cccc(F)c1Cl. The molecule has 0 aliphatic rings. The lowest BCUT2D eigenvalue weighted by atomic mass is 9.93. The lowest BCUT2D eigenvalue weighted by Crippen LogP contribution is -2.24. The summed E-state index contributed by atoms with van der Waals surface area (Å²) in [5.41, 5.74) is 4.30. The first-order valence-electron chi connectivity index (χ1n) is 7.29. The number of hydrogen-bond acceptors (Lipinski definition) is 1. The molecule has 21 heavy (non-hydrogen) atoms. The molecule has 0 heterocycles. The maximum atomic E-state index is 13.8. The Labute approximate surface area is 131 Å². The molecule has 112 valence electrons. The second kappa shape index (κ2) is 7.06. The predicted octanol–water partition coefficient (Wildman–Crippen LogP) is 5.18. The Morgan fingerprint density at radius 3 is 2.62 bits per heavy atom. The summed E-state index contributed by atoms with van der Waals surface area (Å²) >= 11 is 6.19. The number of halogens is 2. The van der Waals surface area contributed by atoms with Gasteiger partial charge in [0.25, 0.3) is 0 Å². The fourth-order valence-corrected chi connectivity index (χ4v) is 2.73. The average Bonchev–Trinajstić information content (AvgIpc) is 2.47. The van der Waals surface area contributed by atoms with E-state index in [4.69, 9.17) is 11.6 Å². The van der Waals surface area contributed by atoms with Crippen LogP contribution in [0.25, 0.3) is 0 Å². The minimum atomic E-state index is -0.372. The van der Waals surface area contributed by atoms with Crippen LogP contribution in [0.5, 0.6) is 0 Å². The topological polar surface area (TPSA) is 12.0 Å². The Morgan fingerprint density at radius 2 is 1.90 bits per heavy atom. The summed E-state index contributed by atoms with van der Waals surface area (Å²) in [5.74, 6) is -0.372. The maximum absolute atomic E-state index is 13.8. The van der Waals surface area contributed by atoms with Gasteiger partial charge >= 0.3 is 0 Å². The molecule has 1 atom stereocenters. The van der Waals surface area contributed by atoms with Crippen molar-refractivity contribution in [3.63, 3.8) is 0 Å². The van der Waals surface area contributed by atoms with Crippen molar-refractivity contribution in [3.8, 4) is 0 Å². The number of hydrogen-bond donors (Lipinski definition) is 1. The molecule has 0 radical (unpaired) electrons. The van der Waals surface area contributed by atoms with Crippen LogP contribution in [0.15, 0.2) is 36.4 Å². The van der Waals surface area contributed by atoms with E-state index in [-0.39, 0.29) is 16.9 Å². The largest absolute Gasteiger partial charge is 0.306 e. The molecular weight excluding hydrogens is 285 g/mol. The molecule has 0 fully saturated rings. The lowest BCUT2D eigenvalue weighted by molar-refractivity contribution is 0.584. The normalized spacial score (nSPS) is 12.4. The Kier molecular flexibility index (Phi) is 5.38. The predicted molar refractivity (Wildman–Crippen MR) is 87.5 cm³/mol. The van der Waals surface area contributed by atoms with Crippen LogP contribution in [-0.2, 0) is 0 Å². The van der Waals surface area contributed by atoms with Crippen LogP contribution >= 0.6 is 11.6 Å². The maximum Gasteiger partial charge on any atom is 0.142 e. The highest BCUT2D eigenvalue weighted by atomic mass is 35.5. The Balaban J connectivity index is 2.52. The van der Waals surface area contributed by atoms with E-state index in [1.807, 2.05) is 6.07 Å². The van der Waals surface area contributed by atoms with E-state index in [2.05, 4.69) is 44.3 Å². The van der Waals surface area contributed by atoms with Crippen LogP contribution in [0.1, 0.15) is 41.6 Å². The third-order valence-electron chi connectivity index (χ3n) is 3.64. The first kappa shape index (κ1) is 16.0. The molecule has 0 amide bonds. The molecule has 0 aliphatic carbocycles. The second-order valence-corrected chi connectivity index (χ2v) is 5.77. The first-order valence-corrected chi connectivity index (χ1v) is 7.66. The van der Waals surface area contributed by atoms with Gasteiger partial charge in [0.05, 0.1) is 11.1 Å². The van der Waals surface area contributed by atoms with E-state index in [1.54, 1.807) is 6.07 Å². The van der Waals surface area contributed by atoms with Gasteiger partial charge in [-0.3, -0.25) is 0 Å². The van der Waals surface area contributed by atoms with Gasteiger partial charge in [0.1, 0.15) is 5.82 Å². The zero-order chi connectivity index (χ0) is 15.4. The summed E-state index contributed by atoms with van der Waals surface area (Å²) in [6.07, 6.45) is 1.01. The molecule has 1 nitrogen and oxygen atoms in total. The fourth-order valence-electron chi connectivity index (χ4n) is 2.49. The molecule has 0 spiro atoms. The summed E-state index contributed by atoms with van der Waals surface area (Å²) < 4.78 is 13.8. The van der Waals surface area contributed by atoms with Crippen LogP contribution in [0.3, 0.4) is 0 Å². The van der Waals surface area contributed by atoms with Gasteiger partial charge in [-0.15, -0.1) is 0 Å². The van der Waals surface area contributed by atoms with E-state index < -0.39 is 0 Å². The van der Waals surface area contributed by atoms with Gasteiger partial charge in [-0.05, 0) is 49.6 Å². The second-order valence-electron chi connectivity index (χ2n) is 5.39. The highest BCUT2D eigenvalue weighted by Gasteiger charge is 2.20. The molecule has 3 heteroatoms. The molecule has 2 aromatic carbocycles. The number of nitrogens with one attached hydrogen (secondary N) is 1. The zero-order valence-corrected chi connectivity index (χ0v) is 13.5. The molecule has 0 saturated heterocycles. The first-order chi connectivity index (χ1) is 10.0. The third kappa shape index (κ3) is 3.63. The van der Waals surface area contributed by atoms with Crippen molar-refractivity contribution in [1.82, 2.24) is 5.32 Å². The van der Waals surface area contributed by atoms with Crippen LogP contribution < -0.4 is 5.32 Å². The van der Waals surface area contributed by atoms with Gasteiger partial charge in [-0.2, -0.15) is 0 Å². The molecule has 0 aromatic heterocycles. The average molecular weight is 306 g/mol. The Bertz CT molecular complexity index is 623. The van der Waals surface area contributed by atoms with Gasteiger partial charge in [0.15, 0.2) is 0 Å². The Morgan fingerprint density at radius 1 is 1.14 bits per heavy atom. The van der Waals surface area contributed by atoms with Gasteiger partial charge in [0.2, 0.25) is 0 Å². The van der Waals surface area contributed by atoms with Crippen LogP contribution in [0.4, 0.5) is 4.39 Å². The molecule has 2 rings (SSSR count). The highest BCUT2D eigenvalue weighted by Crippen LogP contribution is 2.32. The van der Waals surface area contributed by atoms with Crippen molar-refractivity contribution in [1.29, 1.82) is 0 Å². The van der Waals surface area contributed by atoms with E-state index in [0.29, 0.717) is 0 Å².